The Balaban J connectivity index is 1.96. The molecule has 0 bridgehead atoms. The molecule has 0 radical (unpaired) electrons. The van der Waals surface area contributed by atoms with Gasteiger partial charge in [0.1, 0.15) is 5.75 Å². The topological polar surface area (TPSA) is 72.3 Å². The molecule has 3 aromatic rings. The number of carboxylic acid groups (broad SMARTS) is 1. The van der Waals surface area contributed by atoms with E-state index < -0.39 is 5.97 Å². The molecule has 0 saturated heterocycles. The molecule has 0 saturated carbocycles. The van der Waals surface area contributed by atoms with Crippen molar-refractivity contribution < 1.29 is 14.6 Å². The molecule has 1 heterocycles. The fourth-order valence-electron chi connectivity index (χ4n) is 2.12. The van der Waals surface area contributed by atoms with E-state index in [0.717, 1.165) is 11.3 Å². The van der Waals surface area contributed by atoms with E-state index in [4.69, 9.17) is 9.84 Å². The van der Waals surface area contributed by atoms with Crippen molar-refractivity contribution >= 4 is 17.7 Å². The molecule has 2 aromatic carbocycles. The van der Waals surface area contributed by atoms with E-state index in [-0.39, 0.29) is 5.56 Å². The maximum Gasteiger partial charge on any atom is 0.335 e. The molecule has 1 aromatic heterocycles. The number of nitrogens with zero attached hydrogens (tertiary/aromatic N) is 2. The van der Waals surface area contributed by atoms with Crippen LogP contribution in [-0.2, 0) is 0 Å². The number of aromatic carboxylic acids is 1. The Hall–Kier alpha value is -2.86. The van der Waals surface area contributed by atoms with Crippen molar-refractivity contribution in [3.05, 3.63) is 66.2 Å². The van der Waals surface area contributed by atoms with Gasteiger partial charge in [0.15, 0.2) is 5.16 Å². The van der Waals surface area contributed by atoms with Gasteiger partial charge in [0, 0.05) is 11.6 Å². The van der Waals surface area contributed by atoms with E-state index in [0.29, 0.717) is 16.8 Å². The van der Waals surface area contributed by atoms with Crippen LogP contribution in [0.5, 0.6) is 11.6 Å². The number of aromatic nitrogens is 2. The van der Waals surface area contributed by atoms with Gasteiger partial charge in [-0.05, 0) is 24.5 Å². The first-order chi connectivity index (χ1) is 11.7. The summed E-state index contributed by atoms with van der Waals surface area (Å²) in [4.78, 5) is 19.9. The molecule has 0 aliphatic carbocycles. The first-order valence-corrected chi connectivity index (χ1v) is 8.38. The van der Waals surface area contributed by atoms with Crippen molar-refractivity contribution in [3.8, 4) is 22.9 Å². The molecule has 5 nitrogen and oxygen atoms in total. The number of rotatable bonds is 5. The lowest BCUT2D eigenvalue weighted by atomic mass is 10.1. The van der Waals surface area contributed by atoms with Crippen LogP contribution in [0.1, 0.15) is 10.4 Å². The van der Waals surface area contributed by atoms with Gasteiger partial charge in [-0.1, -0.05) is 48.2 Å². The lowest BCUT2D eigenvalue weighted by Crippen LogP contribution is -1.98. The summed E-state index contributed by atoms with van der Waals surface area (Å²) in [7, 11) is 0. The van der Waals surface area contributed by atoms with E-state index in [1.165, 1.54) is 23.9 Å². The average molecular weight is 338 g/mol. The number of benzene rings is 2. The quantitative estimate of drug-likeness (QED) is 0.550. The number of thioether (sulfide) groups is 1. The van der Waals surface area contributed by atoms with Crippen molar-refractivity contribution in [3.63, 3.8) is 0 Å². The fraction of sp³-hybridized carbons (Fsp3) is 0.0556. The molecule has 3 rings (SSSR count). The molecule has 0 aliphatic rings. The summed E-state index contributed by atoms with van der Waals surface area (Å²) >= 11 is 1.41. The molecule has 1 N–H and O–H groups in total. The third-order valence-corrected chi connectivity index (χ3v) is 3.79. The zero-order chi connectivity index (χ0) is 16.9. The fourth-order valence-corrected chi connectivity index (χ4v) is 2.49. The number of hydrogen-bond donors (Lipinski definition) is 1. The molecule has 0 spiro atoms. The van der Waals surface area contributed by atoms with Crippen LogP contribution in [0.2, 0.25) is 0 Å². The van der Waals surface area contributed by atoms with Crippen molar-refractivity contribution in [1.82, 2.24) is 9.97 Å². The second-order valence-corrected chi connectivity index (χ2v) is 5.65. The Morgan fingerprint density at radius 3 is 2.54 bits per heavy atom. The van der Waals surface area contributed by atoms with Crippen LogP contribution in [0, 0.1) is 0 Å². The predicted molar refractivity (Wildman–Crippen MR) is 92.7 cm³/mol. The third-order valence-electron chi connectivity index (χ3n) is 3.24. The second kappa shape index (κ2) is 7.14. The van der Waals surface area contributed by atoms with Gasteiger partial charge >= 0.3 is 5.97 Å². The summed E-state index contributed by atoms with van der Waals surface area (Å²) < 4.78 is 5.75. The van der Waals surface area contributed by atoms with Gasteiger partial charge in [0.05, 0.1) is 11.3 Å². The molecular formula is C18H14N2O3S. The monoisotopic (exact) mass is 338 g/mol. The molecule has 0 atom stereocenters. The van der Waals surface area contributed by atoms with Crippen LogP contribution in [0.3, 0.4) is 0 Å². The van der Waals surface area contributed by atoms with Crippen molar-refractivity contribution in [2.24, 2.45) is 0 Å². The first kappa shape index (κ1) is 16.0. The van der Waals surface area contributed by atoms with E-state index >= 15 is 0 Å². The average Bonchev–Trinajstić information content (AvgIpc) is 2.62. The van der Waals surface area contributed by atoms with Crippen LogP contribution >= 0.6 is 11.8 Å². The molecule has 0 unspecified atom stereocenters. The molecule has 0 amide bonds. The number of carbonyl (C=O) groups is 1. The van der Waals surface area contributed by atoms with Gasteiger partial charge in [0.25, 0.3) is 0 Å². The molecular weight excluding hydrogens is 324 g/mol. The van der Waals surface area contributed by atoms with Crippen LogP contribution < -0.4 is 4.74 Å². The van der Waals surface area contributed by atoms with Crippen LogP contribution in [0.25, 0.3) is 11.3 Å². The molecule has 0 aliphatic heterocycles. The summed E-state index contributed by atoms with van der Waals surface area (Å²) in [6.07, 6.45) is 1.89. The van der Waals surface area contributed by atoms with Gasteiger partial charge in [-0.15, -0.1) is 0 Å². The van der Waals surface area contributed by atoms with Crippen molar-refractivity contribution in [2.45, 2.75) is 5.16 Å². The van der Waals surface area contributed by atoms with Crippen LogP contribution in [0.15, 0.2) is 65.8 Å². The van der Waals surface area contributed by atoms with Gasteiger partial charge in [-0.2, -0.15) is 4.98 Å². The van der Waals surface area contributed by atoms with Gasteiger partial charge < -0.3 is 9.84 Å². The maximum atomic E-state index is 11.1. The SMILES string of the molecule is CSc1nc(Oc2cccc(C(=O)O)c2)cc(-c2ccccc2)n1. The highest BCUT2D eigenvalue weighted by atomic mass is 32.2. The summed E-state index contributed by atoms with van der Waals surface area (Å²) in [6.45, 7) is 0. The van der Waals surface area contributed by atoms with E-state index in [2.05, 4.69) is 9.97 Å². The van der Waals surface area contributed by atoms with Crippen molar-refractivity contribution in [1.29, 1.82) is 0 Å². The van der Waals surface area contributed by atoms with E-state index in [9.17, 15) is 4.79 Å². The zero-order valence-corrected chi connectivity index (χ0v) is 13.7. The Morgan fingerprint density at radius 1 is 1.04 bits per heavy atom. The zero-order valence-electron chi connectivity index (χ0n) is 12.8. The third kappa shape index (κ3) is 3.72. The van der Waals surface area contributed by atoms with Gasteiger partial charge in [-0.25, -0.2) is 9.78 Å². The normalized spacial score (nSPS) is 10.4. The van der Waals surface area contributed by atoms with Crippen LogP contribution in [-0.4, -0.2) is 27.3 Å². The lowest BCUT2D eigenvalue weighted by Gasteiger charge is -2.09. The van der Waals surface area contributed by atoms with E-state index in [1.807, 2.05) is 36.6 Å². The maximum absolute atomic E-state index is 11.1. The van der Waals surface area contributed by atoms with E-state index in [1.54, 1.807) is 18.2 Å². The highest BCUT2D eigenvalue weighted by Gasteiger charge is 2.09. The van der Waals surface area contributed by atoms with Crippen LogP contribution in [0.4, 0.5) is 0 Å². The number of carboxylic acids is 1. The molecule has 6 heteroatoms. The van der Waals surface area contributed by atoms with Gasteiger partial charge in [-0.3, -0.25) is 0 Å². The molecule has 120 valence electrons. The molecule has 0 fully saturated rings. The lowest BCUT2D eigenvalue weighted by molar-refractivity contribution is 0.0696. The molecule has 24 heavy (non-hydrogen) atoms. The second-order valence-electron chi connectivity index (χ2n) is 4.88. The summed E-state index contributed by atoms with van der Waals surface area (Å²) in [5.41, 5.74) is 1.87. The number of hydrogen-bond acceptors (Lipinski definition) is 5. The largest absolute Gasteiger partial charge is 0.478 e. The van der Waals surface area contributed by atoms with Crippen molar-refractivity contribution in [2.75, 3.05) is 6.26 Å². The summed E-state index contributed by atoms with van der Waals surface area (Å²) in [6, 6.07) is 17.8. The number of ether oxygens (including phenoxy) is 1. The summed E-state index contributed by atoms with van der Waals surface area (Å²) in [5, 5.41) is 9.65. The minimum Gasteiger partial charge on any atom is -0.478 e. The first-order valence-electron chi connectivity index (χ1n) is 7.15. The predicted octanol–water partition coefficient (Wildman–Crippen LogP) is 4.36. The Morgan fingerprint density at radius 2 is 1.83 bits per heavy atom. The minimum atomic E-state index is -1.00. The Bertz CT molecular complexity index is 869. The summed E-state index contributed by atoms with van der Waals surface area (Å²) in [5.74, 6) is -0.215. The minimum absolute atomic E-state index is 0.162. The van der Waals surface area contributed by atoms with Gasteiger partial charge in [0.2, 0.25) is 5.88 Å². The highest BCUT2D eigenvalue weighted by Crippen LogP contribution is 2.27. The smallest absolute Gasteiger partial charge is 0.335 e. The highest BCUT2D eigenvalue weighted by molar-refractivity contribution is 7.98. The Labute approximate surface area is 143 Å². The standard InChI is InChI=1S/C18H14N2O3S/c1-24-18-19-15(12-6-3-2-4-7-12)11-16(20-18)23-14-9-5-8-13(10-14)17(21)22/h2-11H,1H3,(H,21,22). The Kier molecular flexibility index (Phi) is 4.77.